The highest BCUT2D eigenvalue weighted by Crippen LogP contribution is 2.38. The van der Waals surface area contributed by atoms with Gasteiger partial charge < -0.3 is 18.9 Å². The summed E-state index contributed by atoms with van der Waals surface area (Å²) in [6.07, 6.45) is 0.930. The van der Waals surface area contributed by atoms with Crippen LogP contribution in [0.5, 0.6) is 0 Å². The zero-order valence-corrected chi connectivity index (χ0v) is 17.6. The van der Waals surface area contributed by atoms with Crippen LogP contribution in [-0.4, -0.2) is 49.3 Å². The van der Waals surface area contributed by atoms with Crippen LogP contribution in [0.2, 0.25) is 0 Å². The van der Waals surface area contributed by atoms with Gasteiger partial charge in [-0.1, -0.05) is 24.8 Å². The van der Waals surface area contributed by atoms with Gasteiger partial charge in [-0.15, -0.1) is 0 Å². The van der Waals surface area contributed by atoms with Crippen LogP contribution in [0.1, 0.15) is 33.6 Å². The van der Waals surface area contributed by atoms with Crippen LogP contribution in [0.4, 0.5) is 0 Å². The fourth-order valence-corrected chi connectivity index (χ4v) is 3.42. The minimum Gasteiger partial charge on any atom is -0.466 e. The monoisotopic (exact) mass is 418 g/mol. The number of hydrogen-bond acceptors (Lipinski definition) is 8. The van der Waals surface area contributed by atoms with Crippen molar-refractivity contribution in [1.82, 2.24) is 0 Å². The van der Waals surface area contributed by atoms with Gasteiger partial charge in [-0.05, 0) is 32.8 Å². The lowest BCUT2D eigenvalue weighted by atomic mass is 9.83. The van der Waals surface area contributed by atoms with Crippen molar-refractivity contribution >= 4 is 23.9 Å². The van der Waals surface area contributed by atoms with E-state index < -0.39 is 48.1 Å². The van der Waals surface area contributed by atoms with Gasteiger partial charge in [0.05, 0.1) is 18.6 Å². The van der Waals surface area contributed by atoms with Crippen LogP contribution in [0, 0.1) is 5.92 Å². The lowest BCUT2D eigenvalue weighted by Gasteiger charge is -2.33. The van der Waals surface area contributed by atoms with Gasteiger partial charge in [0.1, 0.15) is 6.10 Å². The molecule has 0 amide bonds. The molecule has 0 bridgehead atoms. The van der Waals surface area contributed by atoms with Crippen LogP contribution in [0.25, 0.3) is 0 Å². The van der Waals surface area contributed by atoms with E-state index in [0.29, 0.717) is 12.8 Å². The van der Waals surface area contributed by atoms with Gasteiger partial charge in [0.2, 0.25) is 0 Å². The molecule has 0 N–H and O–H groups in total. The average molecular weight is 418 g/mol. The van der Waals surface area contributed by atoms with E-state index in [2.05, 4.69) is 13.2 Å². The number of carbonyl (C=O) groups excluding carboxylic acids is 4. The third-order valence-corrected chi connectivity index (χ3v) is 4.88. The molecule has 0 radical (unpaired) electrons. The van der Waals surface area contributed by atoms with Crippen molar-refractivity contribution in [1.29, 1.82) is 0 Å². The van der Waals surface area contributed by atoms with E-state index in [1.54, 1.807) is 12.2 Å². The Kier molecular flexibility index (Phi) is 7.37. The summed E-state index contributed by atoms with van der Waals surface area (Å²) in [6, 6.07) is 0. The number of allylic oxidation sites excluding steroid dienone is 2. The van der Waals surface area contributed by atoms with Crippen LogP contribution in [0.3, 0.4) is 0 Å². The first-order valence-corrected chi connectivity index (χ1v) is 9.46. The normalized spacial score (nSPS) is 29.9. The van der Waals surface area contributed by atoms with Gasteiger partial charge in [-0.2, -0.15) is 0 Å². The summed E-state index contributed by atoms with van der Waals surface area (Å²) < 4.78 is 21.3. The average Bonchev–Trinajstić information content (AvgIpc) is 2.94. The molecule has 2 rings (SSSR count). The molecule has 8 heteroatoms. The Bertz CT molecular complexity index is 847. The molecule has 2 aliphatic rings. The van der Waals surface area contributed by atoms with E-state index in [1.165, 1.54) is 14.0 Å². The first-order chi connectivity index (χ1) is 14.1. The van der Waals surface area contributed by atoms with Crippen molar-refractivity contribution in [3.05, 3.63) is 47.6 Å². The summed E-state index contributed by atoms with van der Waals surface area (Å²) in [5.41, 5.74) is 1.05. The zero-order valence-electron chi connectivity index (χ0n) is 17.6. The molecule has 1 aliphatic heterocycles. The Hall–Kier alpha value is -3.16. The molecule has 4 atom stereocenters. The number of ether oxygens (including phenoxy) is 4. The van der Waals surface area contributed by atoms with E-state index in [0.717, 1.165) is 12.5 Å². The first kappa shape index (κ1) is 23.1. The molecule has 1 fully saturated rings. The highest BCUT2D eigenvalue weighted by molar-refractivity contribution is 5.93. The largest absolute Gasteiger partial charge is 0.466 e. The highest BCUT2D eigenvalue weighted by Gasteiger charge is 2.50. The summed E-state index contributed by atoms with van der Waals surface area (Å²) in [6.45, 7) is 11.8. The van der Waals surface area contributed by atoms with Crippen LogP contribution in [0.15, 0.2) is 47.6 Å². The fourth-order valence-electron chi connectivity index (χ4n) is 3.42. The minimum absolute atomic E-state index is 0.00724. The molecular weight excluding hydrogens is 392 g/mol. The summed E-state index contributed by atoms with van der Waals surface area (Å²) in [7, 11) is 1.19. The number of hydrogen-bond donors (Lipinski definition) is 0. The standard InChI is InChI=1S/C22H26O8/c1-11(2)20(24)30-19-17-13(4)21(25)29-16(17)10-12(3)8-7-9-15(22(26)27-6)18(19)28-14(5)23/h9-10,16-19H,1,4,7-8H2,2-3,5-6H3/b12-10-,15-9+/t16-,17+,18+,19+/m1/s1. The van der Waals surface area contributed by atoms with Crippen molar-refractivity contribution in [3.63, 3.8) is 0 Å². The minimum atomic E-state index is -1.33. The maximum Gasteiger partial charge on any atom is 0.337 e. The second-order valence-electron chi connectivity index (χ2n) is 7.30. The van der Waals surface area contributed by atoms with E-state index in [9.17, 15) is 19.2 Å². The third-order valence-electron chi connectivity index (χ3n) is 4.88. The SMILES string of the molecule is C=C(C)C(=O)O[C@H]1[C@H]2C(=C)C(=O)O[C@@H]2/C=C(/C)CC/C=C(/C(=O)OC)[C@@H]1OC(C)=O. The molecule has 0 aromatic heterocycles. The Labute approximate surface area is 175 Å². The van der Waals surface area contributed by atoms with Gasteiger partial charge in [0.15, 0.2) is 12.2 Å². The molecule has 8 nitrogen and oxygen atoms in total. The zero-order chi connectivity index (χ0) is 22.6. The molecule has 162 valence electrons. The topological polar surface area (TPSA) is 105 Å². The lowest BCUT2D eigenvalue weighted by molar-refractivity contribution is -0.167. The fraction of sp³-hybridized carbons (Fsp3) is 0.455. The maximum absolute atomic E-state index is 12.5. The molecule has 0 unspecified atom stereocenters. The second-order valence-corrected chi connectivity index (χ2v) is 7.30. The molecule has 0 aromatic rings. The molecule has 0 aromatic carbocycles. The lowest BCUT2D eigenvalue weighted by Crippen LogP contribution is -2.46. The van der Waals surface area contributed by atoms with E-state index in [4.69, 9.17) is 18.9 Å². The van der Waals surface area contributed by atoms with Gasteiger partial charge in [-0.25, -0.2) is 14.4 Å². The molecule has 0 saturated carbocycles. The molecule has 30 heavy (non-hydrogen) atoms. The predicted octanol–water partition coefficient (Wildman–Crippen LogP) is 2.34. The Morgan fingerprint density at radius 1 is 1.20 bits per heavy atom. The Balaban J connectivity index is 2.70. The molecular formula is C22H26O8. The quantitative estimate of drug-likeness (QED) is 0.296. The van der Waals surface area contributed by atoms with Gasteiger partial charge in [-0.3, -0.25) is 4.79 Å². The van der Waals surface area contributed by atoms with Crippen molar-refractivity contribution in [2.24, 2.45) is 5.92 Å². The van der Waals surface area contributed by atoms with Crippen LogP contribution >= 0.6 is 0 Å². The predicted molar refractivity (Wildman–Crippen MR) is 106 cm³/mol. The van der Waals surface area contributed by atoms with Gasteiger partial charge >= 0.3 is 23.9 Å². The second kappa shape index (κ2) is 9.56. The Morgan fingerprint density at radius 2 is 1.87 bits per heavy atom. The summed E-state index contributed by atoms with van der Waals surface area (Å²) >= 11 is 0. The van der Waals surface area contributed by atoms with Crippen molar-refractivity contribution in [3.8, 4) is 0 Å². The van der Waals surface area contributed by atoms with E-state index in [1.807, 2.05) is 6.92 Å². The molecule has 1 heterocycles. The first-order valence-electron chi connectivity index (χ1n) is 9.46. The maximum atomic E-state index is 12.5. The molecule has 1 saturated heterocycles. The van der Waals surface area contributed by atoms with Crippen molar-refractivity contribution in [2.75, 3.05) is 7.11 Å². The van der Waals surface area contributed by atoms with E-state index >= 15 is 0 Å². The third kappa shape index (κ3) is 5.06. The summed E-state index contributed by atoms with van der Waals surface area (Å²) in [5, 5.41) is 0. The highest BCUT2D eigenvalue weighted by atomic mass is 16.6. The smallest absolute Gasteiger partial charge is 0.337 e. The number of rotatable bonds is 4. The van der Waals surface area contributed by atoms with Gasteiger partial charge in [0.25, 0.3) is 0 Å². The summed E-state index contributed by atoms with van der Waals surface area (Å²) in [5.74, 6) is -3.76. The van der Waals surface area contributed by atoms with Crippen molar-refractivity contribution < 1.29 is 38.1 Å². The van der Waals surface area contributed by atoms with Crippen LogP contribution < -0.4 is 0 Å². The van der Waals surface area contributed by atoms with Gasteiger partial charge in [0, 0.05) is 18.1 Å². The van der Waals surface area contributed by atoms with E-state index in [-0.39, 0.29) is 16.7 Å². The Morgan fingerprint density at radius 3 is 2.43 bits per heavy atom. The number of esters is 4. The number of fused-ring (bicyclic) bond motifs is 1. The number of carbonyl (C=O) groups is 4. The van der Waals surface area contributed by atoms with Crippen LogP contribution in [-0.2, 0) is 38.1 Å². The molecule has 1 aliphatic carbocycles. The summed E-state index contributed by atoms with van der Waals surface area (Å²) in [4.78, 5) is 49.1. The number of methoxy groups -OCH3 is 1. The molecule has 0 spiro atoms. The van der Waals surface area contributed by atoms with Crippen molar-refractivity contribution in [2.45, 2.75) is 51.9 Å².